The molecular formula is C15H20FNO. The summed E-state index contributed by atoms with van der Waals surface area (Å²) in [7, 11) is 0. The lowest BCUT2D eigenvalue weighted by Gasteiger charge is -2.21. The van der Waals surface area contributed by atoms with E-state index in [1.807, 2.05) is 0 Å². The largest absolute Gasteiger partial charge is 0.324 e. The molecule has 1 aromatic rings. The highest BCUT2D eigenvalue weighted by Gasteiger charge is 2.15. The fourth-order valence-corrected chi connectivity index (χ4v) is 2.59. The standard InChI is InChI=1S/C15H20FNO/c16-13-8-4-5-9-14(13)17-15(18)11-10-12-6-2-1-3-7-12/h4-5,8-9,12H,1-3,6-7,10-11H2,(H,17,18). The van der Waals surface area contributed by atoms with Crippen LogP contribution in [0.2, 0.25) is 0 Å². The van der Waals surface area contributed by atoms with Crippen LogP contribution in [0.1, 0.15) is 44.9 Å². The molecule has 3 heteroatoms. The molecule has 0 aliphatic heterocycles. The van der Waals surface area contributed by atoms with Gasteiger partial charge in [-0.3, -0.25) is 4.79 Å². The number of nitrogens with one attached hydrogen (secondary N) is 1. The van der Waals surface area contributed by atoms with E-state index in [1.165, 1.54) is 38.2 Å². The highest BCUT2D eigenvalue weighted by atomic mass is 19.1. The van der Waals surface area contributed by atoms with Crippen molar-refractivity contribution >= 4 is 11.6 Å². The average molecular weight is 249 g/mol. The molecule has 1 fully saturated rings. The minimum Gasteiger partial charge on any atom is -0.324 e. The van der Waals surface area contributed by atoms with Crippen molar-refractivity contribution in [1.82, 2.24) is 0 Å². The molecule has 0 unspecified atom stereocenters. The Morgan fingerprint density at radius 3 is 2.67 bits per heavy atom. The van der Waals surface area contributed by atoms with Gasteiger partial charge in [-0.1, -0.05) is 44.2 Å². The molecule has 0 heterocycles. The van der Waals surface area contributed by atoms with Crippen molar-refractivity contribution in [2.24, 2.45) is 5.92 Å². The Bertz CT molecular complexity index is 399. The highest BCUT2D eigenvalue weighted by molar-refractivity contribution is 5.90. The predicted octanol–water partition coefficient (Wildman–Crippen LogP) is 4.12. The van der Waals surface area contributed by atoms with E-state index in [1.54, 1.807) is 18.2 Å². The number of halogens is 1. The number of benzene rings is 1. The van der Waals surface area contributed by atoms with Gasteiger partial charge in [-0.15, -0.1) is 0 Å². The van der Waals surface area contributed by atoms with Gasteiger partial charge in [0.1, 0.15) is 5.82 Å². The molecule has 0 saturated heterocycles. The molecule has 1 N–H and O–H groups in total. The summed E-state index contributed by atoms with van der Waals surface area (Å²) in [6.45, 7) is 0. The Hall–Kier alpha value is -1.38. The van der Waals surface area contributed by atoms with Gasteiger partial charge < -0.3 is 5.32 Å². The van der Waals surface area contributed by atoms with Crippen LogP contribution in [0.25, 0.3) is 0 Å². The van der Waals surface area contributed by atoms with Gasteiger partial charge in [-0.25, -0.2) is 4.39 Å². The van der Waals surface area contributed by atoms with Gasteiger partial charge in [-0.2, -0.15) is 0 Å². The zero-order valence-electron chi connectivity index (χ0n) is 10.6. The molecule has 18 heavy (non-hydrogen) atoms. The summed E-state index contributed by atoms with van der Waals surface area (Å²) in [5, 5.41) is 2.64. The van der Waals surface area contributed by atoms with Gasteiger partial charge >= 0.3 is 0 Å². The topological polar surface area (TPSA) is 29.1 Å². The van der Waals surface area contributed by atoms with E-state index in [0.717, 1.165) is 6.42 Å². The maximum atomic E-state index is 13.3. The van der Waals surface area contributed by atoms with E-state index in [2.05, 4.69) is 5.32 Å². The molecule has 0 spiro atoms. The average Bonchev–Trinajstić information content (AvgIpc) is 2.40. The van der Waals surface area contributed by atoms with E-state index in [-0.39, 0.29) is 17.4 Å². The Morgan fingerprint density at radius 1 is 1.22 bits per heavy atom. The van der Waals surface area contributed by atoms with Gasteiger partial charge in [0.05, 0.1) is 5.69 Å². The van der Waals surface area contributed by atoms with Crippen LogP contribution in [0.4, 0.5) is 10.1 Å². The van der Waals surface area contributed by atoms with Crippen LogP contribution in [0.15, 0.2) is 24.3 Å². The molecule has 1 aromatic carbocycles. The summed E-state index contributed by atoms with van der Waals surface area (Å²) < 4.78 is 13.3. The monoisotopic (exact) mass is 249 g/mol. The van der Waals surface area contributed by atoms with Gasteiger partial charge in [0.25, 0.3) is 0 Å². The Balaban J connectivity index is 1.76. The van der Waals surface area contributed by atoms with E-state index in [9.17, 15) is 9.18 Å². The number of carbonyl (C=O) groups is 1. The number of carbonyl (C=O) groups excluding carboxylic acids is 1. The molecule has 2 rings (SSSR count). The van der Waals surface area contributed by atoms with Crippen molar-refractivity contribution in [2.45, 2.75) is 44.9 Å². The summed E-state index contributed by atoms with van der Waals surface area (Å²) in [5.74, 6) is 0.235. The summed E-state index contributed by atoms with van der Waals surface area (Å²) in [6.07, 6.45) is 7.83. The summed E-state index contributed by atoms with van der Waals surface area (Å²) >= 11 is 0. The molecule has 0 aromatic heterocycles. The van der Waals surface area contributed by atoms with Crippen LogP contribution >= 0.6 is 0 Å². The molecule has 0 radical (unpaired) electrons. The molecule has 0 bridgehead atoms. The number of rotatable bonds is 4. The van der Waals surface area contributed by atoms with Gasteiger partial charge in [0, 0.05) is 6.42 Å². The molecule has 1 aliphatic carbocycles. The zero-order chi connectivity index (χ0) is 12.8. The van der Waals surface area contributed by atoms with Crippen molar-refractivity contribution < 1.29 is 9.18 Å². The first-order valence-electron chi connectivity index (χ1n) is 6.80. The summed E-state index contributed by atoms with van der Waals surface area (Å²) in [4.78, 5) is 11.7. The second kappa shape index (κ2) is 6.53. The lowest BCUT2D eigenvalue weighted by Crippen LogP contribution is -2.15. The second-order valence-corrected chi connectivity index (χ2v) is 5.07. The number of anilines is 1. The lowest BCUT2D eigenvalue weighted by atomic mass is 9.86. The summed E-state index contributed by atoms with van der Waals surface area (Å²) in [6, 6.07) is 6.29. The molecule has 1 amide bonds. The second-order valence-electron chi connectivity index (χ2n) is 5.07. The van der Waals surface area contributed by atoms with Crippen molar-refractivity contribution in [3.8, 4) is 0 Å². The Kier molecular flexibility index (Phi) is 4.73. The quantitative estimate of drug-likeness (QED) is 0.854. The molecular weight excluding hydrogens is 229 g/mol. The Morgan fingerprint density at radius 2 is 1.94 bits per heavy atom. The zero-order valence-corrected chi connectivity index (χ0v) is 10.6. The predicted molar refractivity (Wildman–Crippen MR) is 70.8 cm³/mol. The molecule has 1 saturated carbocycles. The fourth-order valence-electron chi connectivity index (χ4n) is 2.59. The van der Waals surface area contributed by atoms with Crippen molar-refractivity contribution in [1.29, 1.82) is 0 Å². The number of amides is 1. The van der Waals surface area contributed by atoms with Crippen LogP contribution in [0, 0.1) is 11.7 Å². The SMILES string of the molecule is O=C(CCC1CCCCC1)Nc1ccccc1F. The van der Waals surface area contributed by atoms with Crippen LogP contribution in [0.3, 0.4) is 0 Å². The minimum atomic E-state index is -0.372. The van der Waals surface area contributed by atoms with Crippen LogP contribution < -0.4 is 5.32 Å². The third-order valence-corrected chi connectivity index (χ3v) is 3.65. The first-order chi connectivity index (χ1) is 8.75. The third-order valence-electron chi connectivity index (χ3n) is 3.65. The van der Waals surface area contributed by atoms with Gasteiger partial charge in [0.2, 0.25) is 5.91 Å². The fraction of sp³-hybridized carbons (Fsp3) is 0.533. The smallest absolute Gasteiger partial charge is 0.224 e. The van der Waals surface area contributed by atoms with Crippen molar-refractivity contribution in [3.63, 3.8) is 0 Å². The maximum absolute atomic E-state index is 13.3. The number of hydrogen-bond acceptors (Lipinski definition) is 1. The lowest BCUT2D eigenvalue weighted by molar-refractivity contribution is -0.116. The molecule has 2 nitrogen and oxygen atoms in total. The first kappa shape index (κ1) is 13.1. The first-order valence-corrected chi connectivity index (χ1v) is 6.80. The van der Waals surface area contributed by atoms with Crippen LogP contribution in [0.5, 0.6) is 0 Å². The van der Waals surface area contributed by atoms with E-state index < -0.39 is 0 Å². The van der Waals surface area contributed by atoms with Gasteiger partial charge in [0.15, 0.2) is 0 Å². The van der Waals surface area contributed by atoms with Crippen LogP contribution in [-0.2, 0) is 4.79 Å². The van der Waals surface area contributed by atoms with Crippen molar-refractivity contribution in [3.05, 3.63) is 30.1 Å². The van der Waals surface area contributed by atoms with E-state index in [0.29, 0.717) is 12.3 Å². The normalized spacial score (nSPS) is 16.5. The van der Waals surface area contributed by atoms with E-state index in [4.69, 9.17) is 0 Å². The van der Waals surface area contributed by atoms with E-state index >= 15 is 0 Å². The molecule has 1 aliphatic rings. The summed E-state index contributed by atoms with van der Waals surface area (Å²) in [5.41, 5.74) is 0.283. The van der Waals surface area contributed by atoms with Crippen LogP contribution in [-0.4, -0.2) is 5.91 Å². The molecule has 98 valence electrons. The molecule has 0 atom stereocenters. The Labute approximate surface area is 108 Å². The number of para-hydroxylation sites is 1. The highest BCUT2D eigenvalue weighted by Crippen LogP contribution is 2.27. The minimum absolute atomic E-state index is 0.0781. The van der Waals surface area contributed by atoms with Gasteiger partial charge in [-0.05, 0) is 24.5 Å². The number of hydrogen-bond donors (Lipinski definition) is 1. The third kappa shape index (κ3) is 3.83. The van der Waals surface area contributed by atoms with Crippen molar-refractivity contribution in [2.75, 3.05) is 5.32 Å². The maximum Gasteiger partial charge on any atom is 0.224 e.